The second-order valence-corrected chi connectivity index (χ2v) is 10.1. The molecule has 0 atom stereocenters. The van der Waals surface area contributed by atoms with E-state index in [1.165, 1.54) is 12.1 Å². The topological polar surface area (TPSA) is 152 Å². The van der Waals surface area contributed by atoms with Crippen LogP contribution in [0.25, 0.3) is 0 Å². The zero-order valence-corrected chi connectivity index (χ0v) is 18.5. The molecule has 0 spiro atoms. The van der Waals surface area contributed by atoms with Crippen LogP contribution in [0.5, 0.6) is 0 Å². The number of benzene rings is 1. The van der Waals surface area contributed by atoms with Gasteiger partial charge in [0.15, 0.2) is 26.2 Å². The van der Waals surface area contributed by atoms with E-state index in [9.17, 15) is 28.2 Å². The van der Waals surface area contributed by atoms with E-state index in [1.54, 1.807) is 33.7 Å². The molecule has 0 bridgehead atoms. The van der Waals surface area contributed by atoms with Crippen LogP contribution < -0.4 is 18.8 Å². The van der Waals surface area contributed by atoms with Gasteiger partial charge in [0.1, 0.15) is 30.5 Å². The highest BCUT2D eigenvalue weighted by Gasteiger charge is 2.73. The maximum absolute atomic E-state index is 11.8. The lowest BCUT2D eigenvalue weighted by atomic mass is 10.2. The highest BCUT2D eigenvalue weighted by atomic mass is 32.2. The van der Waals surface area contributed by atoms with Crippen LogP contribution >= 0.6 is 0 Å². The van der Waals surface area contributed by atoms with Gasteiger partial charge >= 0.3 is 29.4 Å². The minimum Gasteiger partial charge on any atom is -0.478 e. The van der Waals surface area contributed by atoms with Crippen molar-refractivity contribution >= 4 is 27.6 Å². The number of nitrogens with zero attached hydrogens (tertiary/aromatic N) is 5. The standard InChI is InChI=1S/C20H20N6O6S/c1-20-24-8-6-22(10-18(27)28)16(24)12-26(20,14-2-4-15(5-3-14)33(21,31)32)13-17-23(11-19(29)30)7-9-25(17)20/h2-9H,10-13H2,1H3,(H-3,21,27,28,29,30,31,32)/p+3. The van der Waals surface area contributed by atoms with Gasteiger partial charge in [-0.25, -0.2) is 32.3 Å². The summed E-state index contributed by atoms with van der Waals surface area (Å²) in [6.07, 6.45) is 7.10. The molecule has 0 saturated heterocycles. The molecule has 2 aromatic heterocycles. The number of sulfonamides is 1. The van der Waals surface area contributed by atoms with Crippen molar-refractivity contribution in [3.8, 4) is 0 Å². The van der Waals surface area contributed by atoms with Crippen LogP contribution in [0.3, 0.4) is 0 Å². The average molecular weight is 476 g/mol. The average Bonchev–Trinajstić information content (AvgIpc) is 3.41. The fraction of sp³-hybridized carbons (Fsp3) is 0.300. The second kappa shape index (κ2) is 6.73. The number of carbonyl (C=O) groups is 2. The number of carboxylic acid groups (broad SMARTS) is 2. The number of hydrogen-bond acceptors (Lipinski definition) is 4. The molecule has 5 rings (SSSR count). The molecule has 0 fully saturated rings. The third-order valence-corrected chi connectivity index (χ3v) is 7.76. The highest BCUT2D eigenvalue weighted by molar-refractivity contribution is 7.89. The van der Waals surface area contributed by atoms with Gasteiger partial charge in [-0.2, -0.15) is 4.48 Å². The van der Waals surface area contributed by atoms with Gasteiger partial charge < -0.3 is 10.2 Å². The Morgan fingerprint density at radius 3 is 1.85 bits per heavy atom. The van der Waals surface area contributed by atoms with Crippen molar-refractivity contribution in [1.29, 1.82) is 0 Å². The molecule has 2 aliphatic rings. The summed E-state index contributed by atoms with van der Waals surface area (Å²) in [6, 6.07) is 6.33. The zero-order chi connectivity index (χ0) is 23.8. The number of imidazole rings is 2. The van der Waals surface area contributed by atoms with Gasteiger partial charge in [-0.15, -0.1) is 9.13 Å². The van der Waals surface area contributed by atoms with Crippen LogP contribution in [-0.2, 0) is 51.6 Å². The van der Waals surface area contributed by atoms with Crippen LogP contribution in [0.2, 0.25) is 0 Å². The summed E-state index contributed by atoms with van der Waals surface area (Å²) in [5.74, 6) is -1.12. The van der Waals surface area contributed by atoms with Gasteiger partial charge in [0, 0.05) is 12.1 Å². The molecule has 0 radical (unpaired) electrons. The normalized spacial score (nSPS) is 23.2. The van der Waals surface area contributed by atoms with Crippen LogP contribution in [0.15, 0.2) is 53.9 Å². The number of carboxylic acids is 2. The predicted octanol–water partition coefficient (Wildman–Crippen LogP) is -1.11. The van der Waals surface area contributed by atoms with Crippen molar-refractivity contribution in [3.05, 3.63) is 60.7 Å². The van der Waals surface area contributed by atoms with Crippen LogP contribution in [-0.4, -0.2) is 39.7 Å². The Kier molecular flexibility index (Phi) is 4.34. The van der Waals surface area contributed by atoms with E-state index in [1.807, 2.05) is 28.5 Å². The number of aromatic nitrogens is 4. The molecule has 4 N–H and O–H groups in total. The molecule has 172 valence electrons. The van der Waals surface area contributed by atoms with Gasteiger partial charge in [-0.05, 0) is 12.1 Å². The minimum atomic E-state index is -3.86. The van der Waals surface area contributed by atoms with Crippen molar-refractivity contribution in [3.63, 3.8) is 0 Å². The van der Waals surface area contributed by atoms with Crippen molar-refractivity contribution in [2.75, 3.05) is 0 Å². The molecule has 3 aromatic rings. The number of nitrogens with two attached hydrogens (primary N) is 1. The first-order valence-corrected chi connectivity index (χ1v) is 11.7. The quantitative estimate of drug-likeness (QED) is 0.304. The predicted molar refractivity (Wildman–Crippen MR) is 111 cm³/mol. The third kappa shape index (κ3) is 2.86. The van der Waals surface area contributed by atoms with Gasteiger partial charge in [-0.1, -0.05) is 0 Å². The maximum atomic E-state index is 11.8. The molecule has 2 aliphatic heterocycles. The van der Waals surface area contributed by atoms with E-state index in [0.29, 0.717) is 17.6 Å². The number of rotatable bonds is 6. The van der Waals surface area contributed by atoms with Crippen molar-refractivity contribution in [1.82, 2.24) is 13.6 Å². The Balaban J connectivity index is 1.72. The molecule has 4 heterocycles. The number of primary sulfonamides is 1. The first kappa shape index (κ1) is 21.3. The van der Waals surface area contributed by atoms with Gasteiger partial charge in [0.25, 0.3) is 0 Å². The van der Waals surface area contributed by atoms with E-state index in [-0.39, 0.29) is 18.0 Å². The summed E-state index contributed by atoms with van der Waals surface area (Å²) in [6.45, 7) is 2.45. The lowest BCUT2D eigenvalue weighted by Gasteiger charge is -2.34. The van der Waals surface area contributed by atoms with Crippen LogP contribution in [0, 0.1) is 0 Å². The fourth-order valence-electron chi connectivity index (χ4n) is 5.32. The summed E-state index contributed by atoms with van der Waals surface area (Å²) in [4.78, 5) is 22.8. The molecule has 0 amide bonds. The number of hydrogen-bond donors (Lipinski definition) is 3. The summed E-state index contributed by atoms with van der Waals surface area (Å²) in [7, 11) is -3.86. The molecule has 0 aliphatic carbocycles. The number of quaternary nitrogens is 1. The third-order valence-electron chi connectivity index (χ3n) is 6.83. The zero-order valence-electron chi connectivity index (χ0n) is 17.7. The lowest BCUT2D eigenvalue weighted by Crippen LogP contribution is -2.58. The van der Waals surface area contributed by atoms with Crippen molar-refractivity contribution < 1.29 is 37.4 Å². The Bertz CT molecular complexity index is 1360. The van der Waals surface area contributed by atoms with Crippen LogP contribution in [0.4, 0.5) is 5.69 Å². The highest BCUT2D eigenvalue weighted by Crippen LogP contribution is 2.50. The van der Waals surface area contributed by atoms with E-state index in [4.69, 9.17) is 5.14 Å². The van der Waals surface area contributed by atoms with E-state index in [0.717, 1.165) is 17.3 Å². The smallest absolute Gasteiger partial charge is 0.391 e. The fourth-order valence-corrected chi connectivity index (χ4v) is 5.83. The second-order valence-electron chi connectivity index (χ2n) is 8.51. The Morgan fingerprint density at radius 1 is 1.00 bits per heavy atom. The summed E-state index contributed by atoms with van der Waals surface area (Å²) >= 11 is 0. The Hall–Kier alpha value is -3.55. The van der Waals surface area contributed by atoms with E-state index in [2.05, 4.69) is 0 Å². The molecular weight excluding hydrogens is 452 g/mol. The maximum Gasteiger partial charge on any atom is 0.391 e. The lowest BCUT2D eigenvalue weighted by molar-refractivity contribution is -0.694. The summed E-state index contributed by atoms with van der Waals surface area (Å²) in [5.41, 5.74) is 0.793. The van der Waals surface area contributed by atoms with Crippen molar-refractivity contribution in [2.45, 2.75) is 43.8 Å². The van der Waals surface area contributed by atoms with Gasteiger partial charge in [-0.3, -0.25) is 0 Å². The Morgan fingerprint density at radius 2 is 1.45 bits per heavy atom. The number of aliphatic carboxylic acids is 2. The SMILES string of the molecule is CC12n3cc[n+](CC(=O)O)c3C[N+]1(c1ccc(S(N)(=O)=O)cc1)Cc1n2cc[n+]1CC(=O)O. The van der Waals surface area contributed by atoms with Crippen molar-refractivity contribution in [2.24, 2.45) is 5.14 Å². The monoisotopic (exact) mass is 475 g/mol. The molecule has 13 heteroatoms. The first-order valence-electron chi connectivity index (χ1n) is 10.1. The molecule has 33 heavy (non-hydrogen) atoms. The Labute approximate surface area is 188 Å². The summed E-state index contributed by atoms with van der Waals surface area (Å²) in [5, 5.41) is 24.0. The van der Waals surface area contributed by atoms with E-state index < -0.39 is 27.7 Å². The number of fused-ring (bicyclic) bond motifs is 5. The summed E-state index contributed by atoms with van der Waals surface area (Å²) < 4.78 is 31.2. The molecule has 1 aromatic carbocycles. The molecule has 12 nitrogen and oxygen atoms in total. The minimum absolute atomic E-state index is 0.00865. The van der Waals surface area contributed by atoms with Crippen LogP contribution in [0.1, 0.15) is 18.6 Å². The van der Waals surface area contributed by atoms with Gasteiger partial charge in [0.2, 0.25) is 10.0 Å². The first-order chi connectivity index (χ1) is 15.5. The van der Waals surface area contributed by atoms with Gasteiger partial charge in [0.05, 0.1) is 11.8 Å². The molecule has 0 unspecified atom stereocenters. The molecular formula is C20H23N6O6S+3. The largest absolute Gasteiger partial charge is 0.478 e. The van der Waals surface area contributed by atoms with E-state index >= 15 is 0 Å². The molecule has 0 saturated carbocycles.